The van der Waals surface area contributed by atoms with Crippen molar-refractivity contribution in [1.29, 1.82) is 5.41 Å². The third-order valence-corrected chi connectivity index (χ3v) is 6.41. The molecule has 2 aromatic rings. The van der Waals surface area contributed by atoms with Crippen molar-refractivity contribution < 1.29 is 13.2 Å². The highest BCUT2D eigenvalue weighted by Gasteiger charge is 2.16. The van der Waals surface area contributed by atoms with Crippen LogP contribution in [0.15, 0.2) is 35.2 Å². The van der Waals surface area contributed by atoms with E-state index in [2.05, 4.69) is 11.9 Å². The summed E-state index contributed by atoms with van der Waals surface area (Å²) < 4.78 is 29.8. The van der Waals surface area contributed by atoms with Crippen molar-refractivity contribution in [1.82, 2.24) is 4.98 Å². The molecular formula is C21H31ClN2O3S. The summed E-state index contributed by atoms with van der Waals surface area (Å²) in [6.45, 7) is 3.82. The summed E-state index contributed by atoms with van der Waals surface area (Å²) in [4.78, 5) is 3.61. The number of benzene rings is 1. The predicted molar refractivity (Wildman–Crippen MR) is 118 cm³/mol. The number of halogens is 1. The lowest BCUT2D eigenvalue weighted by atomic mass is 10.1. The summed E-state index contributed by atoms with van der Waals surface area (Å²) in [7, 11) is -1.71. The molecule has 0 fully saturated rings. The van der Waals surface area contributed by atoms with Crippen molar-refractivity contribution in [3.8, 4) is 17.0 Å². The van der Waals surface area contributed by atoms with Gasteiger partial charge >= 0.3 is 0 Å². The van der Waals surface area contributed by atoms with Crippen molar-refractivity contribution in [2.45, 2.75) is 57.3 Å². The monoisotopic (exact) mass is 426 g/mol. The maximum Gasteiger partial charge on any atom is 0.178 e. The van der Waals surface area contributed by atoms with Crippen LogP contribution in [0.3, 0.4) is 0 Å². The molecule has 7 heteroatoms. The summed E-state index contributed by atoms with van der Waals surface area (Å²) in [5.41, 5.74) is 3.19. The molecule has 2 rings (SSSR count). The van der Waals surface area contributed by atoms with Crippen LogP contribution in [0.2, 0.25) is 0 Å². The number of hydrogen-bond donors (Lipinski definition) is 2. The summed E-state index contributed by atoms with van der Waals surface area (Å²) >= 11 is 0. The Hall–Kier alpha value is -1.79. The number of unbranched alkanes of at least 4 members (excludes halogenated alkanes) is 3. The third-order valence-electron chi connectivity index (χ3n) is 4.68. The molecule has 0 amide bonds. The van der Waals surface area contributed by atoms with Crippen molar-refractivity contribution in [3.63, 3.8) is 0 Å². The first-order chi connectivity index (χ1) is 12.9. The second-order valence-electron chi connectivity index (χ2n) is 6.75. The van der Waals surface area contributed by atoms with Crippen molar-refractivity contribution >= 4 is 28.0 Å². The Bertz CT molecular complexity index is 876. The van der Waals surface area contributed by atoms with Crippen LogP contribution in [0.25, 0.3) is 11.3 Å². The molecule has 0 aliphatic heterocycles. The average molecular weight is 427 g/mol. The lowest BCUT2D eigenvalue weighted by Crippen LogP contribution is -2.04. The fourth-order valence-electron chi connectivity index (χ4n) is 3.04. The van der Waals surface area contributed by atoms with E-state index in [9.17, 15) is 8.42 Å². The van der Waals surface area contributed by atoms with Crippen molar-refractivity contribution in [3.05, 3.63) is 36.0 Å². The summed E-state index contributed by atoms with van der Waals surface area (Å²) in [6, 6.07) is 8.80. The first-order valence-electron chi connectivity index (χ1n) is 9.56. The number of nitrogens with one attached hydrogen (secondary N) is 2. The maximum absolute atomic E-state index is 12.2. The van der Waals surface area contributed by atoms with Crippen LogP contribution in [0.1, 0.15) is 51.6 Å². The Morgan fingerprint density at radius 1 is 1.11 bits per heavy atom. The normalized spacial score (nSPS) is 11.1. The smallest absolute Gasteiger partial charge is 0.178 e. The average Bonchev–Trinajstić information content (AvgIpc) is 3.12. The van der Waals surface area contributed by atoms with Crippen LogP contribution < -0.4 is 4.74 Å². The number of aromatic amines is 1. The molecule has 0 bridgehead atoms. The predicted octanol–water partition coefficient (Wildman–Crippen LogP) is 5.44. The molecule has 156 valence electrons. The number of rotatable bonds is 11. The molecule has 0 aliphatic rings. The van der Waals surface area contributed by atoms with Crippen LogP contribution in [0.5, 0.6) is 5.75 Å². The molecule has 1 aromatic carbocycles. The fraction of sp³-hybridized carbons (Fsp3) is 0.476. The SMILES string of the molecule is CCCCCCC(=N)Cc1ccc(-c2cc(S(=O)(=O)CC)ccc2OC)[nH]1.Cl. The lowest BCUT2D eigenvalue weighted by Gasteiger charge is -2.10. The van der Waals surface area contributed by atoms with E-state index >= 15 is 0 Å². The second kappa shape index (κ2) is 11.3. The zero-order valence-corrected chi connectivity index (χ0v) is 18.5. The summed E-state index contributed by atoms with van der Waals surface area (Å²) in [5, 5.41) is 8.17. The van der Waals surface area contributed by atoms with Gasteiger partial charge in [0, 0.05) is 29.1 Å². The quantitative estimate of drug-likeness (QED) is 0.370. The van der Waals surface area contributed by atoms with E-state index in [0.29, 0.717) is 28.3 Å². The van der Waals surface area contributed by atoms with Gasteiger partial charge in [-0.3, -0.25) is 0 Å². The number of H-pyrrole nitrogens is 1. The minimum Gasteiger partial charge on any atom is -0.496 e. The Balaban J connectivity index is 0.00000392. The highest BCUT2D eigenvalue weighted by Crippen LogP contribution is 2.32. The molecule has 0 atom stereocenters. The van der Waals surface area contributed by atoms with Gasteiger partial charge in [-0.15, -0.1) is 12.4 Å². The number of aromatic nitrogens is 1. The minimum absolute atomic E-state index is 0. The first kappa shape index (κ1) is 24.2. The Kier molecular flexibility index (Phi) is 9.76. The van der Waals surface area contributed by atoms with Gasteiger partial charge < -0.3 is 15.1 Å². The van der Waals surface area contributed by atoms with Gasteiger partial charge in [-0.25, -0.2) is 8.42 Å². The van der Waals surface area contributed by atoms with E-state index in [4.69, 9.17) is 10.1 Å². The topological polar surface area (TPSA) is 83.0 Å². The van der Waals surface area contributed by atoms with E-state index in [0.717, 1.165) is 24.2 Å². The standard InChI is InChI=1S/C21H30N2O3S.ClH/c1-4-6-7-8-9-16(22)14-17-10-12-20(23-17)19-15-18(27(24,25)5-2)11-13-21(19)26-3;/h10-13,15,22-23H,4-9,14H2,1-3H3;1H. The van der Waals surface area contributed by atoms with Gasteiger partial charge in [0.1, 0.15) is 5.75 Å². The zero-order valence-electron chi connectivity index (χ0n) is 16.9. The highest BCUT2D eigenvalue weighted by atomic mass is 35.5. The molecule has 0 spiro atoms. The second-order valence-corrected chi connectivity index (χ2v) is 9.03. The van der Waals surface area contributed by atoms with E-state index in [1.54, 1.807) is 32.2 Å². The molecule has 28 heavy (non-hydrogen) atoms. The number of ether oxygens (including phenoxy) is 1. The van der Waals surface area contributed by atoms with Gasteiger partial charge in [0.15, 0.2) is 9.84 Å². The number of hydrogen-bond acceptors (Lipinski definition) is 4. The molecule has 0 saturated heterocycles. The number of methoxy groups -OCH3 is 1. The van der Waals surface area contributed by atoms with Crippen LogP contribution in [0, 0.1) is 5.41 Å². The highest BCUT2D eigenvalue weighted by molar-refractivity contribution is 7.91. The molecule has 5 nitrogen and oxygen atoms in total. The van der Waals surface area contributed by atoms with Crippen molar-refractivity contribution in [2.75, 3.05) is 12.9 Å². The maximum atomic E-state index is 12.2. The van der Waals surface area contributed by atoms with Crippen LogP contribution in [-0.2, 0) is 16.3 Å². The molecule has 0 saturated carbocycles. The van der Waals surface area contributed by atoms with Crippen LogP contribution >= 0.6 is 12.4 Å². The van der Waals surface area contributed by atoms with Gasteiger partial charge in [0.05, 0.1) is 17.8 Å². The minimum atomic E-state index is -3.28. The summed E-state index contributed by atoms with van der Waals surface area (Å²) in [5.74, 6) is 0.678. The first-order valence-corrected chi connectivity index (χ1v) is 11.2. The van der Waals surface area contributed by atoms with Crippen LogP contribution in [-0.4, -0.2) is 32.0 Å². The molecule has 0 unspecified atom stereocenters. The largest absolute Gasteiger partial charge is 0.496 e. The van der Waals surface area contributed by atoms with Gasteiger partial charge in [0.2, 0.25) is 0 Å². The Labute approximate surface area is 174 Å². The molecule has 1 heterocycles. The van der Waals surface area contributed by atoms with E-state index < -0.39 is 9.84 Å². The molecular weight excluding hydrogens is 396 g/mol. The lowest BCUT2D eigenvalue weighted by molar-refractivity contribution is 0.416. The Morgan fingerprint density at radius 3 is 2.50 bits per heavy atom. The molecule has 0 aliphatic carbocycles. The third kappa shape index (κ3) is 6.38. The zero-order chi connectivity index (χ0) is 19.9. The molecule has 1 aromatic heterocycles. The Morgan fingerprint density at radius 2 is 1.86 bits per heavy atom. The van der Waals surface area contributed by atoms with Crippen LogP contribution in [0.4, 0.5) is 0 Å². The van der Waals surface area contributed by atoms with Gasteiger partial charge in [-0.1, -0.05) is 33.1 Å². The van der Waals surface area contributed by atoms with Gasteiger partial charge in [-0.2, -0.15) is 0 Å². The van der Waals surface area contributed by atoms with E-state index in [-0.39, 0.29) is 18.2 Å². The molecule has 2 N–H and O–H groups in total. The number of sulfone groups is 1. The van der Waals surface area contributed by atoms with Gasteiger partial charge in [0.25, 0.3) is 0 Å². The summed E-state index contributed by atoms with van der Waals surface area (Å²) in [6.07, 6.45) is 6.05. The molecule has 0 radical (unpaired) electrons. The van der Waals surface area contributed by atoms with Crippen molar-refractivity contribution in [2.24, 2.45) is 0 Å². The van der Waals surface area contributed by atoms with E-state index in [1.807, 2.05) is 12.1 Å². The van der Waals surface area contributed by atoms with E-state index in [1.165, 1.54) is 19.3 Å². The van der Waals surface area contributed by atoms with Gasteiger partial charge in [-0.05, 0) is 43.2 Å². The fourth-order valence-corrected chi connectivity index (χ4v) is 3.95.